The van der Waals surface area contributed by atoms with Crippen LogP contribution in [0.5, 0.6) is 0 Å². The van der Waals surface area contributed by atoms with E-state index in [1.54, 1.807) is 0 Å². The summed E-state index contributed by atoms with van der Waals surface area (Å²) in [5.41, 5.74) is 0. The summed E-state index contributed by atoms with van der Waals surface area (Å²) in [6.45, 7) is 6.25. The average Bonchev–Trinajstić information content (AvgIpc) is 1.89. The van der Waals surface area contributed by atoms with Gasteiger partial charge < -0.3 is 4.90 Å². The van der Waals surface area contributed by atoms with Crippen molar-refractivity contribution in [1.29, 1.82) is 0 Å². The molecular formula is C8H17NSY. The molecule has 0 aromatic rings. The molecule has 1 atom stereocenters. The van der Waals surface area contributed by atoms with Crippen LogP contribution in [-0.2, 0) is 32.7 Å². The number of allylic oxidation sites excluding steroid dienone is 1. The van der Waals surface area contributed by atoms with Gasteiger partial charge in [-0.3, -0.25) is 0 Å². The molecular weight excluding hydrogens is 231 g/mol. The monoisotopic (exact) mass is 248 g/mol. The number of rotatable bonds is 3. The van der Waals surface area contributed by atoms with Crippen LogP contribution in [0.4, 0.5) is 0 Å². The third-order valence-electron chi connectivity index (χ3n) is 1.80. The van der Waals surface area contributed by atoms with E-state index in [2.05, 4.69) is 31.4 Å². The zero-order chi connectivity index (χ0) is 8.20. The van der Waals surface area contributed by atoms with Crippen LogP contribution in [-0.4, -0.2) is 16.8 Å². The van der Waals surface area contributed by atoms with Crippen LogP contribution >= 0.6 is 12.6 Å². The van der Waals surface area contributed by atoms with Crippen molar-refractivity contribution in [2.24, 2.45) is 0 Å². The van der Waals surface area contributed by atoms with Crippen molar-refractivity contribution in [3.05, 3.63) is 12.3 Å². The molecule has 1 nitrogen and oxygen atoms in total. The average molecular weight is 248 g/mol. The molecule has 0 aliphatic carbocycles. The Balaban J connectivity index is 0. The summed E-state index contributed by atoms with van der Waals surface area (Å²) >= 11 is 4.49. The first-order chi connectivity index (χ1) is 4.54. The summed E-state index contributed by atoms with van der Waals surface area (Å²) in [5, 5.41) is 0. The molecule has 0 aliphatic rings. The van der Waals surface area contributed by atoms with Gasteiger partial charge in [0.15, 0.2) is 0 Å². The first kappa shape index (κ1) is 14.5. The molecule has 0 fully saturated rings. The standard InChI is InChI=1S/C8H17NS.Y/c1-5-7-9(4)8(3,10)6-2;/h5,7,10H,6H2,1-4H3;/b7-5-;. The van der Waals surface area contributed by atoms with Gasteiger partial charge >= 0.3 is 0 Å². The van der Waals surface area contributed by atoms with E-state index in [0.717, 1.165) is 6.42 Å². The van der Waals surface area contributed by atoms with Crippen molar-refractivity contribution in [3.63, 3.8) is 0 Å². The molecule has 11 heavy (non-hydrogen) atoms. The molecule has 0 bridgehead atoms. The quantitative estimate of drug-likeness (QED) is 0.593. The van der Waals surface area contributed by atoms with E-state index in [4.69, 9.17) is 0 Å². The van der Waals surface area contributed by atoms with E-state index in [0.29, 0.717) is 0 Å². The van der Waals surface area contributed by atoms with Gasteiger partial charge in [-0.1, -0.05) is 13.0 Å². The minimum Gasteiger partial charge on any atom is -0.367 e. The van der Waals surface area contributed by atoms with Crippen molar-refractivity contribution >= 4 is 12.6 Å². The van der Waals surface area contributed by atoms with Gasteiger partial charge in [-0.05, 0) is 26.5 Å². The zero-order valence-electron chi connectivity index (χ0n) is 7.83. The van der Waals surface area contributed by atoms with Crippen LogP contribution in [0.1, 0.15) is 27.2 Å². The van der Waals surface area contributed by atoms with Gasteiger partial charge in [-0.25, -0.2) is 0 Å². The molecule has 0 amide bonds. The van der Waals surface area contributed by atoms with Gasteiger partial charge in [0.05, 0.1) is 4.87 Å². The van der Waals surface area contributed by atoms with Crippen molar-refractivity contribution < 1.29 is 32.7 Å². The number of hydrogen-bond acceptors (Lipinski definition) is 2. The summed E-state index contributed by atoms with van der Waals surface area (Å²) < 4.78 is 0. The fraction of sp³-hybridized carbons (Fsp3) is 0.750. The molecule has 0 saturated carbocycles. The minimum absolute atomic E-state index is 0. The molecule has 0 aliphatic heterocycles. The van der Waals surface area contributed by atoms with Crippen LogP contribution < -0.4 is 0 Å². The maximum Gasteiger partial charge on any atom is 0.0792 e. The summed E-state index contributed by atoms with van der Waals surface area (Å²) in [4.78, 5) is 2.10. The van der Waals surface area contributed by atoms with Gasteiger partial charge in [0.2, 0.25) is 0 Å². The van der Waals surface area contributed by atoms with E-state index in [9.17, 15) is 0 Å². The fourth-order valence-electron chi connectivity index (χ4n) is 0.634. The minimum atomic E-state index is -0.00743. The first-order valence-corrected chi connectivity index (χ1v) is 4.07. The molecule has 0 saturated heterocycles. The van der Waals surface area contributed by atoms with Gasteiger partial charge in [0, 0.05) is 39.8 Å². The van der Waals surface area contributed by atoms with E-state index in [1.807, 2.05) is 26.2 Å². The Morgan fingerprint density at radius 2 is 2.00 bits per heavy atom. The fourth-order valence-corrected chi connectivity index (χ4v) is 0.700. The third-order valence-corrected chi connectivity index (χ3v) is 2.43. The number of thiol groups is 1. The molecule has 0 aromatic heterocycles. The molecule has 1 unspecified atom stereocenters. The maximum absolute atomic E-state index is 4.49. The topological polar surface area (TPSA) is 3.24 Å². The Labute approximate surface area is 101 Å². The molecule has 63 valence electrons. The van der Waals surface area contributed by atoms with E-state index < -0.39 is 0 Å². The second-order valence-electron chi connectivity index (χ2n) is 2.66. The first-order valence-electron chi connectivity index (χ1n) is 3.62. The summed E-state index contributed by atoms with van der Waals surface area (Å²) in [6, 6.07) is 0. The van der Waals surface area contributed by atoms with E-state index in [1.165, 1.54) is 0 Å². The molecule has 0 rings (SSSR count). The largest absolute Gasteiger partial charge is 0.367 e. The molecule has 1 radical (unpaired) electrons. The van der Waals surface area contributed by atoms with Crippen molar-refractivity contribution in [2.75, 3.05) is 7.05 Å². The zero-order valence-corrected chi connectivity index (χ0v) is 11.6. The van der Waals surface area contributed by atoms with Crippen molar-refractivity contribution in [2.45, 2.75) is 32.1 Å². The number of hydrogen-bond donors (Lipinski definition) is 1. The Morgan fingerprint density at radius 3 is 2.27 bits per heavy atom. The Bertz CT molecular complexity index is 123. The molecule has 0 N–H and O–H groups in total. The normalized spacial score (nSPS) is 15.7. The van der Waals surface area contributed by atoms with Crippen molar-refractivity contribution in [1.82, 2.24) is 4.90 Å². The molecule has 0 spiro atoms. The Kier molecular flexibility index (Phi) is 8.58. The van der Waals surface area contributed by atoms with Gasteiger partial charge in [-0.2, -0.15) is 12.6 Å². The van der Waals surface area contributed by atoms with Gasteiger partial charge in [0.25, 0.3) is 0 Å². The van der Waals surface area contributed by atoms with Crippen LogP contribution in [0, 0.1) is 0 Å². The Hall–Kier alpha value is 0.994. The van der Waals surface area contributed by atoms with Gasteiger partial charge in [-0.15, -0.1) is 0 Å². The van der Waals surface area contributed by atoms with Crippen molar-refractivity contribution in [3.8, 4) is 0 Å². The van der Waals surface area contributed by atoms with Crippen LogP contribution in [0.15, 0.2) is 12.3 Å². The van der Waals surface area contributed by atoms with Crippen LogP contribution in [0.25, 0.3) is 0 Å². The second kappa shape index (κ2) is 6.50. The SMILES string of the molecule is C/C=C\N(C)C(C)(S)CC.[Y]. The smallest absolute Gasteiger partial charge is 0.0792 e. The predicted molar refractivity (Wildman–Crippen MR) is 50.3 cm³/mol. The number of nitrogens with zero attached hydrogens (tertiary/aromatic N) is 1. The predicted octanol–water partition coefficient (Wildman–Crippen LogP) is 2.51. The van der Waals surface area contributed by atoms with Gasteiger partial charge in [0.1, 0.15) is 0 Å². The summed E-state index contributed by atoms with van der Waals surface area (Å²) in [7, 11) is 2.04. The molecule has 3 heteroatoms. The summed E-state index contributed by atoms with van der Waals surface area (Å²) in [5.74, 6) is 0. The maximum atomic E-state index is 4.49. The third kappa shape index (κ3) is 5.27. The molecule has 0 heterocycles. The second-order valence-corrected chi connectivity index (χ2v) is 3.63. The molecule has 0 aromatic carbocycles. The van der Waals surface area contributed by atoms with E-state index in [-0.39, 0.29) is 37.6 Å². The van der Waals surface area contributed by atoms with Crippen LogP contribution in [0.3, 0.4) is 0 Å². The Morgan fingerprint density at radius 1 is 1.55 bits per heavy atom. The van der Waals surface area contributed by atoms with E-state index >= 15 is 0 Å². The van der Waals surface area contributed by atoms with Crippen LogP contribution in [0.2, 0.25) is 0 Å². The summed E-state index contributed by atoms with van der Waals surface area (Å²) in [6.07, 6.45) is 5.09.